The third-order valence-corrected chi connectivity index (χ3v) is 2.09. The molecule has 0 spiro atoms. The van der Waals surface area contributed by atoms with Gasteiger partial charge in [-0.1, -0.05) is 32.0 Å². The van der Waals surface area contributed by atoms with Crippen molar-refractivity contribution in [3.05, 3.63) is 48.2 Å². The number of aryl methyl sites for hydroxylation is 1. The van der Waals surface area contributed by atoms with Gasteiger partial charge in [-0.15, -0.1) is 0 Å². The Morgan fingerprint density at radius 3 is 2.38 bits per heavy atom. The van der Waals surface area contributed by atoms with Gasteiger partial charge in [-0.3, -0.25) is 4.98 Å². The monoisotopic (exact) mass is 214 g/mol. The number of aromatic nitrogens is 1. The van der Waals surface area contributed by atoms with Crippen LogP contribution in [0, 0.1) is 6.92 Å². The van der Waals surface area contributed by atoms with E-state index in [1.807, 2.05) is 63.4 Å². The number of rotatable bonds is 1. The van der Waals surface area contributed by atoms with E-state index in [0.29, 0.717) is 0 Å². The molecule has 0 saturated carbocycles. The van der Waals surface area contributed by atoms with Crippen molar-refractivity contribution in [2.24, 2.45) is 0 Å². The second kappa shape index (κ2) is 5.91. The first-order valence-corrected chi connectivity index (χ1v) is 5.54. The average Bonchev–Trinajstić information content (AvgIpc) is 2.32. The van der Waals surface area contributed by atoms with Crippen LogP contribution >= 0.6 is 0 Å². The Morgan fingerprint density at radius 1 is 1.06 bits per heavy atom. The van der Waals surface area contributed by atoms with E-state index in [0.717, 1.165) is 22.5 Å². The molecule has 16 heavy (non-hydrogen) atoms. The largest absolute Gasteiger partial charge is 0.399 e. The van der Waals surface area contributed by atoms with Crippen molar-refractivity contribution in [1.29, 1.82) is 0 Å². The smallest absolute Gasteiger partial charge is 0.0702 e. The van der Waals surface area contributed by atoms with Gasteiger partial charge in [-0.25, -0.2) is 0 Å². The Morgan fingerprint density at radius 2 is 1.81 bits per heavy atom. The van der Waals surface area contributed by atoms with Gasteiger partial charge in [0.15, 0.2) is 0 Å². The van der Waals surface area contributed by atoms with E-state index < -0.39 is 0 Å². The summed E-state index contributed by atoms with van der Waals surface area (Å²) in [6, 6.07) is 11.8. The number of nitrogens with two attached hydrogens (primary N) is 1. The van der Waals surface area contributed by atoms with Crippen LogP contribution in [0.5, 0.6) is 0 Å². The molecule has 0 aliphatic heterocycles. The van der Waals surface area contributed by atoms with Gasteiger partial charge in [-0.2, -0.15) is 0 Å². The number of anilines is 1. The van der Waals surface area contributed by atoms with Gasteiger partial charge in [0.25, 0.3) is 0 Å². The van der Waals surface area contributed by atoms with Crippen molar-refractivity contribution in [3.8, 4) is 11.3 Å². The molecule has 1 aromatic heterocycles. The molecule has 1 aromatic carbocycles. The second-order valence-corrected chi connectivity index (χ2v) is 3.35. The zero-order chi connectivity index (χ0) is 12.0. The first-order valence-electron chi connectivity index (χ1n) is 5.54. The molecule has 1 heterocycles. The van der Waals surface area contributed by atoms with Gasteiger partial charge in [-0.05, 0) is 30.7 Å². The quantitative estimate of drug-likeness (QED) is 0.736. The van der Waals surface area contributed by atoms with E-state index in [1.165, 1.54) is 0 Å². The van der Waals surface area contributed by atoms with Gasteiger partial charge in [0.05, 0.1) is 5.69 Å². The summed E-state index contributed by atoms with van der Waals surface area (Å²) in [5.41, 5.74) is 9.65. The van der Waals surface area contributed by atoms with Crippen LogP contribution in [-0.2, 0) is 0 Å². The van der Waals surface area contributed by atoms with Crippen LogP contribution in [0.2, 0.25) is 0 Å². The summed E-state index contributed by atoms with van der Waals surface area (Å²) in [6.45, 7) is 6.02. The van der Waals surface area contributed by atoms with E-state index in [9.17, 15) is 0 Å². The predicted octanol–water partition coefficient (Wildman–Crippen LogP) is 3.67. The highest BCUT2D eigenvalue weighted by Gasteiger charge is 1.98. The van der Waals surface area contributed by atoms with Crippen LogP contribution in [0.3, 0.4) is 0 Å². The van der Waals surface area contributed by atoms with Gasteiger partial charge >= 0.3 is 0 Å². The standard InChI is InChI=1S/C12H12N2.C2H6/c1-9-5-6-12(14-8-9)10-3-2-4-11(13)7-10;1-2/h2-8H,13H2,1H3;1-2H3. The molecular formula is C14H18N2. The molecule has 2 heteroatoms. The summed E-state index contributed by atoms with van der Waals surface area (Å²) in [5.74, 6) is 0. The third-order valence-electron chi connectivity index (χ3n) is 2.09. The highest BCUT2D eigenvalue weighted by Crippen LogP contribution is 2.18. The maximum atomic E-state index is 5.70. The minimum Gasteiger partial charge on any atom is -0.399 e. The molecule has 2 nitrogen and oxygen atoms in total. The van der Waals surface area contributed by atoms with Crippen LogP contribution in [0.25, 0.3) is 11.3 Å². The molecule has 0 amide bonds. The lowest BCUT2D eigenvalue weighted by Gasteiger charge is -2.01. The predicted molar refractivity (Wildman–Crippen MR) is 70.2 cm³/mol. The second-order valence-electron chi connectivity index (χ2n) is 3.35. The van der Waals surface area contributed by atoms with Crippen molar-refractivity contribution in [2.75, 3.05) is 5.73 Å². The number of nitrogen functional groups attached to an aromatic ring is 1. The topological polar surface area (TPSA) is 38.9 Å². The molecule has 0 unspecified atom stereocenters. The number of nitrogens with zero attached hydrogens (tertiary/aromatic N) is 1. The first-order chi connectivity index (χ1) is 7.75. The van der Waals surface area contributed by atoms with Crippen molar-refractivity contribution in [3.63, 3.8) is 0 Å². The fourth-order valence-corrected chi connectivity index (χ4v) is 1.34. The summed E-state index contributed by atoms with van der Waals surface area (Å²) < 4.78 is 0. The van der Waals surface area contributed by atoms with E-state index in [-0.39, 0.29) is 0 Å². The number of hydrogen-bond donors (Lipinski definition) is 1. The molecule has 0 aliphatic rings. The normalized spacial score (nSPS) is 9.19. The lowest BCUT2D eigenvalue weighted by Crippen LogP contribution is -1.87. The Hall–Kier alpha value is -1.83. The van der Waals surface area contributed by atoms with E-state index >= 15 is 0 Å². The van der Waals surface area contributed by atoms with Crippen molar-refractivity contribution < 1.29 is 0 Å². The third kappa shape index (κ3) is 3.09. The van der Waals surface area contributed by atoms with E-state index in [1.54, 1.807) is 0 Å². The van der Waals surface area contributed by atoms with Crippen LogP contribution in [0.1, 0.15) is 19.4 Å². The van der Waals surface area contributed by atoms with Gasteiger partial charge in [0.1, 0.15) is 0 Å². The molecule has 2 N–H and O–H groups in total. The van der Waals surface area contributed by atoms with Gasteiger partial charge in [0.2, 0.25) is 0 Å². The summed E-state index contributed by atoms with van der Waals surface area (Å²) >= 11 is 0. The lowest BCUT2D eigenvalue weighted by atomic mass is 10.1. The number of hydrogen-bond acceptors (Lipinski definition) is 2. The fourth-order valence-electron chi connectivity index (χ4n) is 1.34. The van der Waals surface area contributed by atoms with Crippen molar-refractivity contribution in [1.82, 2.24) is 4.98 Å². The molecule has 2 rings (SSSR count). The maximum absolute atomic E-state index is 5.70. The lowest BCUT2D eigenvalue weighted by molar-refractivity contribution is 1.27. The highest BCUT2D eigenvalue weighted by molar-refractivity contribution is 5.63. The molecule has 0 fully saturated rings. The minimum absolute atomic E-state index is 0.768. The van der Waals surface area contributed by atoms with Gasteiger partial charge < -0.3 is 5.73 Å². The Kier molecular flexibility index (Phi) is 4.52. The van der Waals surface area contributed by atoms with E-state index in [2.05, 4.69) is 4.98 Å². The minimum atomic E-state index is 0.768. The molecule has 0 radical (unpaired) electrons. The summed E-state index contributed by atoms with van der Waals surface area (Å²) in [6.07, 6.45) is 1.86. The average molecular weight is 214 g/mol. The maximum Gasteiger partial charge on any atom is 0.0702 e. The number of benzene rings is 1. The summed E-state index contributed by atoms with van der Waals surface area (Å²) in [4.78, 5) is 4.33. The van der Waals surface area contributed by atoms with Crippen LogP contribution in [0.15, 0.2) is 42.6 Å². The molecule has 2 aromatic rings. The number of pyridine rings is 1. The fraction of sp³-hybridized carbons (Fsp3) is 0.214. The van der Waals surface area contributed by atoms with E-state index in [4.69, 9.17) is 5.73 Å². The van der Waals surface area contributed by atoms with Crippen molar-refractivity contribution in [2.45, 2.75) is 20.8 Å². The Labute approximate surface area is 97.1 Å². The molecule has 84 valence electrons. The highest BCUT2D eigenvalue weighted by atomic mass is 14.7. The van der Waals surface area contributed by atoms with Crippen LogP contribution < -0.4 is 5.73 Å². The SMILES string of the molecule is CC.Cc1ccc(-c2cccc(N)c2)nc1. The molecular weight excluding hydrogens is 196 g/mol. The summed E-state index contributed by atoms with van der Waals surface area (Å²) in [7, 11) is 0. The Balaban J connectivity index is 0.000000606. The molecule has 0 aliphatic carbocycles. The first kappa shape index (κ1) is 12.2. The van der Waals surface area contributed by atoms with Crippen LogP contribution in [-0.4, -0.2) is 4.98 Å². The van der Waals surface area contributed by atoms with Gasteiger partial charge in [0, 0.05) is 17.4 Å². The zero-order valence-electron chi connectivity index (χ0n) is 10.1. The zero-order valence-corrected chi connectivity index (χ0v) is 10.1. The van der Waals surface area contributed by atoms with Crippen molar-refractivity contribution >= 4 is 5.69 Å². The molecule has 0 bridgehead atoms. The Bertz CT molecular complexity index is 433. The molecule has 0 saturated heterocycles. The van der Waals surface area contributed by atoms with Crippen LogP contribution in [0.4, 0.5) is 5.69 Å². The molecule has 0 atom stereocenters. The summed E-state index contributed by atoms with van der Waals surface area (Å²) in [5, 5.41) is 0.